The minimum absolute atomic E-state index is 0.439. The van der Waals surface area contributed by atoms with E-state index in [9.17, 15) is 0 Å². The first-order chi connectivity index (χ1) is 9.81. The maximum absolute atomic E-state index is 5.73. The van der Waals surface area contributed by atoms with E-state index >= 15 is 0 Å². The molecule has 20 heavy (non-hydrogen) atoms. The number of aryl methyl sites for hydroxylation is 1. The molecule has 2 unspecified atom stereocenters. The molecule has 0 aliphatic carbocycles. The number of benzene rings is 1. The van der Waals surface area contributed by atoms with Crippen molar-refractivity contribution in [2.75, 3.05) is 11.9 Å². The molecule has 1 N–H and O–H groups in total. The smallest absolute Gasteiger partial charge is 0.0592 e. The predicted molar refractivity (Wildman–Crippen MR) is 86.3 cm³/mol. The molecule has 1 aliphatic rings. The van der Waals surface area contributed by atoms with Crippen LogP contribution in [0.1, 0.15) is 57.9 Å². The summed E-state index contributed by atoms with van der Waals surface area (Å²) in [6, 6.07) is 9.58. The molecule has 1 heterocycles. The zero-order chi connectivity index (χ0) is 14.2. The molecule has 0 amide bonds. The molecule has 0 spiro atoms. The molecule has 2 nitrogen and oxygen atoms in total. The van der Waals surface area contributed by atoms with E-state index in [0.717, 1.165) is 25.9 Å². The molecule has 2 atom stereocenters. The predicted octanol–water partition coefficient (Wildman–Crippen LogP) is 4.79. The monoisotopic (exact) mass is 275 g/mol. The quantitative estimate of drug-likeness (QED) is 0.722. The van der Waals surface area contributed by atoms with Crippen molar-refractivity contribution in [2.24, 2.45) is 0 Å². The summed E-state index contributed by atoms with van der Waals surface area (Å²) in [5.41, 5.74) is 2.72. The van der Waals surface area contributed by atoms with Gasteiger partial charge in [0.2, 0.25) is 0 Å². The number of anilines is 1. The Bertz CT molecular complexity index is 374. The van der Waals surface area contributed by atoms with Crippen LogP contribution in [-0.4, -0.2) is 18.8 Å². The van der Waals surface area contributed by atoms with E-state index in [-0.39, 0.29) is 0 Å². The molecule has 2 rings (SSSR count). The van der Waals surface area contributed by atoms with Gasteiger partial charge in [0.05, 0.1) is 6.10 Å². The number of unbranched alkanes of at least 4 members (excludes halogenated alkanes) is 2. The van der Waals surface area contributed by atoms with Crippen molar-refractivity contribution >= 4 is 5.69 Å². The van der Waals surface area contributed by atoms with E-state index in [1.54, 1.807) is 0 Å². The molecular weight excluding hydrogens is 246 g/mol. The zero-order valence-electron chi connectivity index (χ0n) is 13.0. The normalized spacial score (nSPS) is 22.7. The molecule has 2 heteroatoms. The number of nitrogens with one attached hydrogen (secondary N) is 1. The molecule has 0 aromatic heterocycles. The van der Waals surface area contributed by atoms with Gasteiger partial charge in [-0.3, -0.25) is 0 Å². The highest BCUT2D eigenvalue weighted by molar-refractivity contribution is 5.45. The van der Waals surface area contributed by atoms with Gasteiger partial charge in [0.1, 0.15) is 0 Å². The summed E-state index contributed by atoms with van der Waals surface area (Å²) in [7, 11) is 0. The molecule has 1 aliphatic heterocycles. The number of ether oxygens (including phenoxy) is 1. The van der Waals surface area contributed by atoms with E-state index in [4.69, 9.17) is 4.74 Å². The third kappa shape index (κ3) is 4.82. The molecule has 1 saturated heterocycles. The van der Waals surface area contributed by atoms with Gasteiger partial charge in [0.25, 0.3) is 0 Å². The van der Waals surface area contributed by atoms with Gasteiger partial charge in [-0.15, -0.1) is 0 Å². The van der Waals surface area contributed by atoms with Crippen LogP contribution in [0.3, 0.4) is 0 Å². The van der Waals surface area contributed by atoms with Crippen LogP contribution in [0.5, 0.6) is 0 Å². The lowest BCUT2D eigenvalue weighted by Crippen LogP contribution is -2.33. The van der Waals surface area contributed by atoms with Crippen molar-refractivity contribution in [2.45, 2.75) is 70.9 Å². The highest BCUT2D eigenvalue weighted by atomic mass is 16.5. The van der Waals surface area contributed by atoms with Crippen LogP contribution in [0.2, 0.25) is 0 Å². The summed E-state index contributed by atoms with van der Waals surface area (Å²) in [4.78, 5) is 0. The largest absolute Gasteiger partial charge is 0.382 e. The van der Waals surface area contributed by atoms with Crippen LogP contribution in [0.25, 0.3) is 0 Å². The van der Waals surface area contributed by atoms with Crippen LogP contribution in [0.15, 0.2) is 24.3 Å². The average molecular weight is 275 g/mol. The SMILES string of the molecule is CCCCCc1ccc(NC2CCOC(CC)C2)cc1. The van der Waals surface area contributed by atoms with Crippen LogP contribution < -0.4 is 5.32 Å². The molecule has 1 aromatic rings. The van der Waals surface area contributed by atoms with Crippen molar-refractivity contribution in [3.63, 3.8) is 0 Å². The van der Waals surface area contributed by atoms with Gasteiger partial charge in [0.15, 0.2) is 0 Å². The Hall–Kier alpha value is -1.02. The second-order valence-corrected chi connectivity index (χ2v) is 5.92. The van der Waals surface area contributed by atoms with E-state index in [1.165, 1.54) is 36.9 Å². The van der Waals surface area contributed by atoms with E-state index in [2.05, 4.69) is 43.4 Å². The number of rotatable bonds is 7. The highest BCUT2D eigenvalue weighted by Crippen LogP contribution is 2.21. The molecule has 0 radical (unpaired) electrons. The minimum Gasteiger partial charge on any atom is -0.382 e. The Balaban J connectivity index is 1.80. The van der Waals surface area contributed by atoms with Crippen molar-refractivity contribution in [1.82, 2.24) is 0 Å². The molecule has 0 saturated carbocycles. The van der Waals surface area contributed by atoms with Crippen molar-refractivity contribution in [1.29, 1.82) is 0 Å². The van der Waals surface area contributed by atoms with Gasteiger partial charge in [-0.1, -0.05) is 38.8 Å². The molecule has 0 bridgehead atoms. The lowest BCUT2D eigenvalue weighted by molar-refractivity contribution is 0.00926. The Morgan fingerprint density at radius 2 is 1.95 bits per heavy atom. The second-order valence-electron chi connectivity index (χ2n) is 5.92. The fourth-order valence-corrected chi connectivity index (χ4v) is 2.88. The van der Waals surface area contributed by atoms with Gasteiger partial charge in [-0.2, -0.15) is 0 Å². The molecule has 112 valence electrons. The first-order valence-corrected chi connectivity index (χ1v) is 8.29. The van der Waals surface area contributed by atoms with Gasteiger partial charge in [-0.05, 0) is 49.8 Å². The number of hydrogen-bond acceptors (Lipinski definition) is 2. The van der Waals surface area contributed by atoms with Crippen LogP contribution in [0.4, 0.5) is 5.69 Å². The Labute approximate surface area is 123 Å². The van der Waals surface area contributed by atoms with E-state index in [0.29, 0.717) is 12.1 Å². The van der Waals surface area contributed by atoms with Gasteiger partial charge in [0, 0.05) is 18.3 Å². The van der Waals surface area contributed by atoms with E-state index < -0.39 is 0 Å². The summed E-state index contributed by atoms with van der Waals surface area (Å²) < 4.78 is 5.73. The fourth-order valence-electron chi connectivity index (χ4n) is 2.88. The first-order valence-electron chi connectivity index (χ1n) is 8.29. The summed E-state index contributed by atoms with van der Waals surface area (Å²) in [6.07, 6.45) is 8.96. The van der Waals surface area contributed by atoms with Gasteiger partial charge < -0.3 is 10.1 Å². The summed E-state index contributed by atoms with van der Waals surface area (Å²) in [6.45, 7) is 5.36. The second kappa shape index (κ2) is 8.31. The number of hydrogen-bond donors (Lipinski definition) is 1. The van der Waals surface area contributed by atoms with Crippen LogP contribution >= 0.6 is 0 Å². The summed E-state index contributed by atoms with van der Waals surface area (Å²) in [5, 5.41) is 3.66. The average Bonchev–Trinajstić information content (AvgIpc) is 2.49. The fraction of sp³-hybridized carbons (Fsp3) is 0.667. The van der Waals surface area contributed by atoms with Crippen LogP contribution in [-0.2, 0) is 11.2 Å². The third-order valence-electron chi connectivity index (χ3n) is 4.22. The Morgan fingerprint density at radius 1 is 1.15 bits per heavy atom. The molecule has 1 aromatic carbocycles. The molecule has 1 fully saturated rings. The van der Waals surface area contributed by atoms with Crippen molar-refractivity contribution < 1.29 is 4.74 Å². The lowest BCUT2D eigenvalue weighted by atomic mass is 10.0. The maximum Gasteiger partial charge on any atom is 0.0592 e. The zero-order valence-corrected chi connectivity index (χ0v) is 13.0. The lowest BCUT2D eigenvalue weighted by Gasteiger charge is -2.30. The highest BCUT2D eigenvalue weighted by Gasteiger charge is 2.20. The summed E-state index contributed by atoms with van der Waals surface area (Å²) in [5.74, 6) is 0. The molecular formula is C18H29NO. The Kier molecular flexibility index (Phi) is 6.38. The van der Waals surface area contributed by atoms with Crippen molar-refractivity contribution in [3.05, 3.63) is 29.8 Å². The standard InChI is InChI=1S/C18H29NO/c1-3-5-6-7-15-8-10-16(11-9-15)19-17-12-13-20-18(4-2)14-17/h8-11,17-19H,3-7,12-14H2,1-2H3. The minimum atomic E-state index is 0.439. The summed E-state index contributed by atoms with van der Waals surface area (Å²) >= 11 is 0. The van der Waals surface area contributed by atoms with Gasteiger partial charge >= 0.3 is 0 Å². The Morgan fingerprint density at radius 3 is 2.65 bits per heavy atom. The van der Waals surface area contributed by atoms with E-state index in [1.807, 2.05) is 0 Å². The maximum atomic E-state index is 5.73. The van der Waals surface area contributed by atoms with Crippen LogP contribution in [0, 0.1) is 0 Å². The van der Waals surface area contributed by atoms with Crippen molar-refractivity contribution in [3.8, 4) is 0 Å². The topological polar surface area (TPSA) is 21.3 Å². The van der Waals surface area contributed by atoms with Gasteiger partial charge in [-0.25, -0.2) is 0 Å². The first kappa shape index (κ1) is 15.4. The third-order valence-corrected chi connectivity index (χ3v) is 4.22.